The Bertz CT molecular complexity index is 1260. The minimum Gasteiger partial charge on any atom is -0.484 e. The first-order chi connectivity index (χ1) is 16.2. The Morgan fingerprint density at radius 3 is 2.88 bits per heavy atom. The second-order valence-electron chi connectivity index (χ2n) is 7.88. The molecule has 0 bridgehead atoms. The molecular weight excluding hydrogens is 424 g/mol. The molecule has 0 unspecified atom stereocenters. The van der Waals surface area contributed by atoms with Gasteiger partial charge >= 0.3 is 0 Å². The zero-order chi connectivity index (χ0) is 22.6. The summed E-state index contributed by atoms with van der Waals surface area (Å²) < 4.78 is 18.1. The maximum Gasteiger partial charge on any atom is 0.264 e. The lowest BCUT2D eigenvalue weighted by atomic mass is 10.2. The Balaban J connectivity index is 1.23. The molecule has 10 nitrogen and oxygen atoms in total. The minimum atomic E-state index is 0.103. The Labute approximate surface area is 190 Å². The second-order valence-corrected chi connectivity index (χ2v) is 7.88. The van der Waals surface area contributed by atoms with Gasteiger partial charge < -0.3 is 18.9 Å². The molecule has 3 heterocycles. The number of ether oxygens (including phenoxy) is 2. The molecule has 0 aliphatic carbocycles. The molecule has 1 amide bonds. The number of aryl methyl sites for hydroxylation is 2. The van der Waals surface area contributed by atoms with Gasteiger partial charge in [-0.3, -0.25) is 4.79 Å². The van der Waals surface area contributed by atoms with Crippen LogP contribution in [-0.2, 0) is 22.7 Å². The number of nitrogens with zero attached hydrogens (tertiary/aromatic N) is 6. The van der Waals surface area contributed by atoms with E-state index in [2.05, 4.69) is 20.5 Å². The molecule has 1 aliphatic rings. The average molecular weight is 448 g/mol. The summed E-state index contributed by atoms with van der Waals surface area (Å²) in [5, 5.41) is 12.5. The van der Waals surface area contributed by atoms with E-state index in [1.165, 1.54) is 0 Å². The topological polar surface area (TPSA) is 108 Å². The van der Waals surface area contributed by atoms with Gasteiger partial charge in [-0.05, 0) is 42.8 Å². The first-order valence-electron chi connectivity index (χ1n) is 10.9. The lowest BCUT2D eigenvalue weighted by molar-refractivity contribution is -0.135. The van der Waals surface area contributed by atoms with Crippen LogP contribution in [0.4, 0.5) is 0 Å². The summed E-state index contributed by atoms with van der Waals surface area (Å²) in [6.45, 7) is 5.13. The van der Waals surface area contributed by atoms with Gasteiger partial charge in [0.25, 0.3) is 5.89 Å². The SMILES string of the molecule is Cc1cccc(OCc2nc(-c3ccc4c(c3)nnn4CCC(=O)N3CCOCC3)no2)c1. The number of morpholine rings is 1. The van der Waals surface area contributed by atoms with Gasteiger partial charge in [0, 0.05) is 25.1 Å². The van der Waals surface area contributed by atoms with Crippen molar-refractivity contribution in [3.8, 4) is 17.1 Å². The Kier molecular flexibility index (Phi) is 5.99. The molecule has 4 aromatic rings. The summed E-state index contributed by atoms with van der Waals surface area (Å²) in [6.07, 6.45) is 0.370. The highest BCUT2D eigenvalue weighted by Gasteiger charge is 2.18. The van der Waals surface area contributed by atoms with Crippen LogP contribution in [0.25, 0.3) is 22.4 Å². The zero-order valence-electron chi connectivity index (χ0n) is 18.3. The lowest BCUT2D eigenvalue weighted by Gasteiger charge is -2.26. The summed E-state index contributed by atoms with van der Waals surface area (Å²) in [5.74, 6) is 1.69. The largest absolute Gasteiger partial charge is 0.484 e. The standard InChI is InChI=1S/C23H24N6O4/c1-16-3-2-4-18(13-16)32-15-21-24-23(26-33-21)17-5-6-20-19(14-17)25-27-29(20)8-7-22(30)28-9-11-31-12-10-28/h2-6,13-14H,7-12,15H2,1H3. The van der Waals surface area contributed by atoms with Gasteiger partial charge in [-0.2, -0.15) is 4.98 Å². The van der Waals surface area contributed by atoms with Gasteiger partial charge in [0.2, 0.25) is 11.7 Å². The van der Waals surface area contributed by atoms with Crippen LogP contribution in [0, 0.1) is 6.92 Å². The number of fused-ring (bicyclic) bond motifs is 1. The molecule has 0 saturated carbocycles. The lowest BCUT2D eigenvalue weighted by Crippen LogP contribution is -2.41. The van der Waals surface area contributed by atoms with Crippen molar-refractivity contribution < 1.29 is 18.8 Å². The molecule has 10 heteroatoms. The van der Waals surface area contributed by atoms with E-state index in [1.807, 2.05) is 54.3 Å². The molecule has 170 valence electrons. The summed E-state index contributed by atoms with van der Waals surface area (Å²) >= 11 is 0. The zero-order valence-corrected chi connectivity index (χ0v) is 18.3. The van der Waals surface area contributed by atoms with Crippen LogP contribution in [0.15, 0.2) is 47.0 Å². The highest BCUT2D eigenvalue weighted by Crippen LogP contribution is 2.22. The van der Waals surface area contributed by atoms with Crippen LogP contribution in [0.1, 0.15) is 17.9 Å². The van der Waals surface area contributed by atoms with Crippen molar-refractivity contribution in [3.05, 3.63) is 53.9 Å². The van der Waals surface area contributed by atoms with E-state index in [-0.39, 0.29) is 12.5 Å². The summed E-state index contributed by atoms with van der Waals surface area (Å²) in [5.41, 5.74) is 3.43. The number of rotatable bonds is 7. The van der Waals surface area contributed by atoms with E-state index in [0.717, 1.165) is 22.4 Å². The fraction of sp³-hybridized carbons (Fsp3) is 0.348. The van der Waals surface area contributed by atoms with Gasteiger partial charge in [-0.25, -0.2) is 4.68 Å². The molecule has 1 aliphatic heterocycles. The first kappa shape index (κ1) is 21.1. The highest BCUT2D eigenvalue weighted by molar-refractivity contribution is 5.80. The van der Waals surface area contributed by atoms with E-state index in [1.54, 1.807) is 4.68 Å². The van der Waals surface area contributed by atoms with Crippen molar-refractivity contribution in [2.75, 3.05) is 26.3 Å². The third kappa shape index (κ3) is 4.85. The minimum absolute atomic E-state index is 0.103. The van der Waals surface area contributed by atoms with E-state index < -0.39 is 0 Å². The second kappa shape index (κ2) is 9.37. The van der Waals surface area contributed by atoms with Crippen LogP contribution in [0.3, 0.4) is 0 Å². The number of amides is 1. The van der Waals surface area contributed by atoms with Crippen LogP contribution in [0.2, 0.25) is 0 Å². The molecule has 1 saturated heterocycles. The van der Waals surface area contributed by atoms with E-state index >= 15 is 0 Å². The maximum atomic E-state index is 12.4. The molecule has 1 fully saturated rings. The van der Waals surface area contributed by atoms with Crippen molar-refractivity contribution >= 4 is 16.9 Å². The van der Waals surface area contributed by atoms with Crippen LogP contribution in [-0.4, -0.2) is 62.2 Å². The normalized spacial score (nSPS) is 14.0. The third-order valence-electron chi connectivity index (χ3n) is 5.49. The predicted octanol–water partition coefficient (Wildman–Crippen LogP) is 2.62. The van der Waals surface area contributed by atoms with Gasteiger partial charge in [-0.1, -0.05) is 22.5 Å². The molecule has 0 radical (unpaired) electrons. The summed E-state index contributed by atoms with van der Waals surface area (Å²) in [4.78, 5) is 18.7. The maximum absolute atomic E-state index is 12.4. The van der Waals surface area contributed by atoms with E-state index in [9.17, 15) is 4.79 Å². The Morgan fingerprint density at radius 2 is 2.03 bits per heavy atom. The fourth-order valence-corrected chi connectivity index (χ4v) is 3.73. The smallest absolute Gasteiger partial charge is 0.264 e. The quantitative estimate of drug-likeness (QED) is 0.425. The molecule has 2 aromatic heterocycles. The number of aromatic nitrogens is 5. The van der Waals surface area contributed by atoms with Crippen molar-refractivity contribution in [2.45, 2.75) is 26.5 Å². The molecular formula is C23H24N6O4. The van der Waals surface area contributed by atoms with E-state index in [4.69, 9.17) is 14.0 Å². The number of hydrogen-bond donors (Lipinski definition) is 0. The first-order valence-corrected chi connectivity index (χ1v) is 10.9. The number of hydrogen-bond acceptors (Lipinski definition) is 8. The summed E-state index contributed by atoms with van der Waals surface area (Å²) in [7, 11) is 0. The van der Waals surface area contributed by atoms with Gasteiger partial charge in [0.15, 0.2) is 6.61 Å². The molecule has 33 heavy (non-hydrogen) atoms. The Hall–Kier alpha value is -3.79. The number of benzene rings is 2. The molecule has 0 spiro atoms. The predicted molar refractivity (Wildman–Crippen MR) is 118 cm³/mol. The fourth-order valence-electron chi connectivity index (χ4n) is 3.73. The highest BCUT2D eigenvalue weighted by atomic mass is 16.5. The summed E-state index contributed by atoms with van der Waals surface area (Å²) in [6, 6.07) is 13.4. The molecule has 5 rings (SSSR count). The van der Waals surface area contributed by atoms with Crippen molar-refractivity contribution in [2.24, 2.45) is 0 Å². The van der Waals surface area contributed by atoms with Crippen LogP contribution < -0.4 is 4.74 Å². The van der Waals surface area contributed by atoms with Gasteiger partial charge in [0.05, 0.1) is 25.3 Å². The number of carbonyl (C=O) groups excluding carboxylic acids is 1. The third-order valence-corrected chi connectivity index (χ3v) is 5.49. The van der Waals surface area contributed by atoms with Gasteiger partial charge in [0.1, 0.15) is 11.3 Å². The molecule has 0 N–H and O–H groups in total. The van der Waals surface area contributed by atoms with Gasteiger partial charge in [-0.15, -0.1) is 5.10 Å². The van der Waals surface area contributed by atoms with Crippen LogP contribution >= 0.6 is 0 Å². The van der Waals surface area contributed by atoms with Crippen LogP contribution in [0.5, 0.6) is 5.75 Å². The monoisotopic (exact) mass is 448 g/mol. The van der Waals surface area contributed by atoms with Crippen molar-refractivity contribution in [1.29, 1.82) is 0 Å². The average Bonchev–Trinajstić information content (AvgIpc) is 3.48. The van der Waals surface area contributed by atoms with E-state index in [0.29, 0.717) is 56.5 Å². The number of carbonyl (C=O) groups is 1. The van der Waals surface area contributed by atoms with Crippen molar-refractivity contribution in [3.63, 3.8) is 0 Å². The molecule has 0 atom stereocenters. The van der Waals surface area contributed by atoms with Crippen molar-refractivity contribution in [1.82, 2.24) is 30.0 Å². The molecule has 2 aromatic carbocycles. The Morgan fingerprint density at radius 1 is 1.15 bits per heavy atom.